The van der Waals surface area contributed by atoms with Gasteiger partial charge in [0.15, 0.2) is 0 Å². The molecule has 0 atom stereocenters. The molecule has 3 nitrogen and oxygen atoms in total. The Bertz CT molecular complexity index is 1100. The van der Waals surface area contributed by atoms with Crippen molar-refractivity contribution in [2.45, 2.75) is 0 Å². The minimum atomic E-state index is -1.07. The van der Waals surface area contributed by atoms with Crippen LogP contribution in [-0.2, 0) is 0 Å². The third-order valence-electron chi connectivity index (χ3n) is 4.05. The van der Waals surface area contributed by atoms with E-state index in [-0.39, 0.29) is 16.2 Å². The highest BCUT2D eigenvalue weighted by Crippen LogP contribution is 2.34. The average molecular weight is 332 g/mol. The largest absolute Gasteiger partial charge is 0.478 e. The molecule has 0 aliphatic rings. The van der Waals surface area contributed by atoms with Crippen molar-refractivity contribution < 1.29 is 14.7 Å². The molecule has 0 saturated carbocycles. The van der Waals surface area contributed by atoms with Gasteiger partial charge in [0.1, 0.15) is 0 Å². The van der Waals surface area contributed by atoms with Crippen LogP contribution in [0.4, 0.5) is 0 Å². The predicted octanol–water partition coefficient (Wildman–Crippen LogP) is 4.98. The highest BCUT2D eigenvalue weighted by Gasteiger charge is 2.24. The fourth-order valence-electron chi connectivity index (χ4n) is 2.96. The lowest BCUT2D eigenvalue weighted by Crippen LogP contribution is -2.07. The molecule has 3 aromatic carbocycles. The molecule has 24 heavy (non-hydrogen) atoms. The van der Waals surface area contributed by atoms with Crippen LogP contribution in [0.15, 0.2) is 66.7 Å². The maximum absolute atomic E-state index is 13.1. The molecule has 1 N–H and O–H groups in total. The minimum absolute atomic E-state index is 0.0912. The first kappa shape index (κ1) is 14.6. The molecule has 0 spiro atoms. The molecule has 0 saturated heterocycles. The highest BCUT2D eigenvalue weighted by molar-refractivity contribution is 7.21. The summed E-state index contributed by atoms with van der Waals surface area (Å²) in [4.78, 5) is 25.1. The van der Waals surface area contributed by atoms with Crippen LogP contribution in [0.2, 0.25) is 0 Å². The van der Waals surface area contributed by atoms with E-state index in [1.54, 1.807) is 18.2 Å². The normalized spacial score (nSPS) is 11.0. The fraction of sp³-hybridized carbons (Fsp3) is 0. The fourth-order valence-corrected chi connectivity index (χ4v) is 4.11. The summed E-state index contributed by atoms with van der Waals surface area (Å²) in [6.45, 7) is 0. The molecule has 4 heteroatoms. The molecule has 0 bridgehead atoms. The number of fused-ring (bicyclic) bond motifs is 2. The first-order chi connectivity index (χ1) is 11.7. The van der Waals surface area contributed by atoms with Gasteiger partial charge in [0.2, 0.25) is 5.78 Å². The third-order valence-corrected chi connectivity index (χ3v) is 5.22. The minimum Gasteiger partial charge on any atom is -0.478 e. The number of rotatable bonds is 3. The van der Waals surface area contributed by atoms with Crippen LogP contribution >= 0.6 is 11.3 Å². The summed E-state index contributed by atoms with van der Waals surface area (Å²) < 4.78 is 0.804. The van der Waals surface area contributed by atoms with Gasteiger partial charge in [0.05, 0.1) is 10.4 Å². The number of thiophene rings is 1. The molecular formula is C20H12O3S. The first-order valence-electron chi connectivity index (χ1n) is 7.44. The van der Waals surface area contributed by atoms with Gasteiger partial charge in [-0.2, -0.15) is 0 Å². The van der Waals surface area contributed by atoms with Gasteiger partial charge >= 0.3 is 5.97 Å². The van der Waals surface area contributed by atoms with Crippen LogP contribution in [0.5, 0.6) is 0 Å². The lowest BCUT2D eigenvalue weighted by atomic mass is 9.98. The number of carboxylic acid groups (broad SMARTS) is 1. The Kier molecular flexibility index (Phi) is 3.40. The van der Waals surface area contributed by atoms with Crippen LogP contribution in [0.25, 0.3) is 20.9 Å². The lowest BCUT2D eigenvalue weighted by molar-refractivity contribution is 0.0696. The van der Waals surface area contributed by atoms with Crippen molar-refractivity contribution in [3.05, 3.63) is 82.7 Å². The van der Waals surface area contributed by atoms with Crippen molar-refractivity contribution in [3.63, 3.8) is 0 Å². The monoisotopic (exact) mass is 332 g/mol. The Labute approximate surface area is 141 Å². The summed E-state index contributed by atoms with van der Waals surface area (Å²) >= 11 is 1.23. The van der Waals surface area contributed by atoms with Gasteiger partial charge in [-0.15, -0.1) is 11.3 Å². The van der Waals surface area contributed by atoms with Gasteiger partial charge in [0, 0.05) is 15.6 Å². The van der Waals surface area contributed by atoms with Gasteiger partial charge in [-0.05, 0) is 16.8 Å². The molecule has 0 fully saturated rings. The van der Waals surface area contributed by atoms with Gasteiger partial charge < -0.3 is 5.11 Å². The number of benzene rings is 3. The van der Waals surface area contributed by atoms with E-state index in [1.165, 1.54) is 11.3 Å². The van der Waals surface area contributed by atoms with Crippen LogP contribution in [0, 0.1) is 0 Å². The highest BCUT2D eigenvalue weighted by atomic mass is 32.1. The van der Waals surface area contributed by atoms with E-state index < -0.39 is 5.97 Å². The van der Waals surface area contributed by atoms with E-state index in [0.717, 1.165) is 15.5 Å². The number of carboxylic acids is 1. The van der Waals surface area contributed by atoms with Crippen LogP contribution in [0.3, 0.4) is 0 Å². The average Bonchev–Trinajstić information content (AvgIpc) is 3.00. The van der Waals surface area contributed by atoms with Crippen molar-refractivity contribution >= 4 is 43.9 Å². The van der Waals surface area contributed by atoms with E-state index in [1.807, 2.05) is 48.5 Å². The van der Waals surface area contributed by atoms with Crippen molar-refractivity contribution in [1.29, 1.82) is 0 Å². The number of hydrogen-bond donors (Lipinski definition) is 1. The lowest BCUT2D eigenvalue weighted by Gasteiger charge is -2.05. The summed E-state index contributed by atoms with van der Waals surface area (Å²) in [5, 5.41) is 12.0. The smallest absolute Gasteiger partial charge is 0.337 e. The SMILES string of the molecule is O=C(c1sc2ccccc2c1C(=O)O)c1cccc2ccccc12. The summed E-state index contributed by atoms with van der Waals surface area (Å²) in [7, 11) is 0. The van der Waals surface area contributed by atoms with Crippen LogP contribution < -0.4 is 0 Å². The molecule has 4 rings (SSSR count). The Morgan fingerprint density at radius 1 is 0.792 bits per heavy atom. The number of aromatic carboxylic acids is 1. The van der Waals surface area contributed by atoms with Crippen LogP contribution in [-0.4, -0.2) is 16.9 Å². The summed E-state index contributed by atoms with van der Waals surface area (Å²) in [5.41, 5.74) is 0.621. The molecule has 0 unspecified atom stereocenters. The van der Waals surface area contributed by atoms with Crippen molar-refractivity contribution in [3.8, 4) is 0 Å². The molecular weight excluding hydrogens is 320 g/mol. The van der Waals surface area contributed by atoms with Gasteiger partial charge in [-0.3, -0.25) is 4.79 Å². The zero-order chi connectivity index (χ0) is 16.7. The Morgan fingerprint density at radius 2 is 1.46 bits per heavy atom. The maximum Gasteiger partial charge on any atom is 0.337 e. The quantitative estimate of drug-likeness (QED) is 0.538. The molecule has 0 aliphatic heterocycles. The van der Waals surface area contributed by atoms with Crippen molar-refractivity contribution in [1.82, 2.24) is 0 Å². The number of carbonyl (C=O) groups excluding carboxylic acids is 1. The summed E-state index contributed by atoms with van der Waals surface area (Å²) in [6, 6.07) is 20.3. The van der Waals surface area contributed by atoms with Crippen molar-refractivity contribution in [2.75, 3.05) is 0 Å². The standard InChI is InChI=1S/C20H12O3S/c21-18(14-10-5-7-12-6-1-2-8-13(12)14)19-17(20(22)23)15-9-3-4-11-16(15)24-19/h1-11H,(H,22,23). The Hall–Kier alpha value is -2.98. The van der Waals surface area contributed by atoms with E-state index in [0.29, 0.717) is 10.9 Å². The number of carbonyl (C=O) groups is 2. The predicted molar refractivity (Wildman–Crippen MR) is 96.2 cm³/mol. The van der Waals surface area contributed by atoms with Gasteiger partial charge in [-0.25, -0.2) is 4.79 Å². The topological polar surface area (TPSA) is 54.4 Å². The summed E-state index contributed by atoms with van der Waals surface area (Å²) in [6.07, 6.45) is 0. The molecule has 0 aliphatic carbocycles. The molecule has 4 aromatic rings. The second-order valence-corrected chi connectivity index (χ2v) is 6.52. The number of hydrogen-bond acceptors (Lipinski definition) is 3. The Balaban J connectivity index is 1.99. The zero-order valence-corrected chi connectivity index (χ0v) is 13.3. The van der Waals surface area contributed by atoms with Gasteiger partial charge in [0.25, 0.3) is 0 Å². The van der Waals surface area contributed by atoms with Gasteiger partial charge in [-0.1, -0.05) is 60.7 Å². The van der Waals surface area contributed by atoms with E-state index in [4.69, 9.17) is 0 Å². The van der Waals surface area contributed by atoms with Crippen molar-refractivity contribution in [2.24, 2.45) is 0 Å². The van der Waals surface area contributed by atoms with E-state index >= 15 is 0 Å². The first-order valence-corrected chi connectivity index (χ1v) is 8.26. The number of ketones is 1. The molecule has 116 valence electrons. The molecule has 0 amide bonds. The Morgan fingerprint density at radius 3 is 2.25 bits per heavy atom. The second kappa shape index (κ2) is 5.58. The van der Waals surface area contributed by atoms with Crippen LogP contribution in [0.1, 0.15) is 25.6 Å². The second-order valence-electron chi connectivity index (χ2n) is 5.46. The zero-order valence-electron chi connectivity index (χ0n) is 12.5. The van der Waals surface area contributed by atoms with E-state index in [2.05, 4.69) is 0 Å². The van der Waals surface area contributed by atoms with E-state index in [9.17, 15) is 14.7 Å². The summed E-state index contributed by atoms with van der Waals surface area (Å²) in [5.74, 6) is -1.32. The molecule has 1 heterocycles. The third kappa shape index (κ3) is 2.20. The maximum atomic E-state index is 13.1. The molecule has 0 radical (unpaired) electrons. The molecule has 1 aromatic heterocycles.